The van der Waals surface area contributed by atoms with Crippen molar-refractivity contribution in [2.75, 3.05) is 13.7 Å². The first-order valence-corrected chi connectivity index (χ1v) is 6.46. The van der Waals surface area contributed by atoms with Crippen LogP contribution in [0.15, 0.2) is 0 Å². The molecule has 3 atom stereocenters. The predicted octanol–water partition coefficient (Wildman–Crippen LogP) is 1.60. The van der Waals surface area contributed by atoms with Crippen LogP contribution in [0.4, 0.5) is 0 Å². The minimum atomic E-state index is -0.420. The molecule has 0 aromatic heterocycles. The van der Waals surface area contributed by atoms with Gasteiger partial charge in [-0.25, -0.2) is 0 Å². The van der Waals surface area contributed by atoms with Crippen LogP contribution in [-0.4, -0.2) is 42.3 Å². The highest BCUT2D eigenvalue weighted by Gasteiger charge is 2.49. The molecule has 17 heavy (non-hydrogen) atoms. The molecule has 1 heterocycles. The summed E-state index contributed by atoms with van der Waals surface area (Å²) in [5, 5.41) is 3.48. The van der Waals surface area contributed by atoms with Gasteiger partial charge < -0.3 is 9.64 Å². The molecule has 0 aromatic rings. The Bertz CT molecular complexity index is 281. The van der Waals surface area contributed by atoms with Crippen LogP contribution in [-0.2, 0) is 9.53 Å². The summed E-state index contributed by atoms with van der Waals surface area (Å²) >= 11 is 0. The van der Waals surface area contributed by atoms with Gasteiger partial charge in [0.1, 0.15) is 0 Å². The Morgan fingerprint density at radius 1 is 1.47 bits per heavy atom. The van der Waals surface area contributed by atoms with Gasteiger partial charge in [0.05, 0.1) is 24.4 Å². The van der Waals surface area contributed by atoms with Gasteiger partial charge in [0.25, 0.3) is 0 Å². The highest BCUT2D eigenvalue weighted by Crippen LogP contribution is 2.28. The standard InChI is InChI=1S/C13H26N2O2/c1-7-13(5)12(16)15(10(4)8-17-6)11(14-13)9(2)3/h9-11,14H,7-8H2,1-6H3. The molecule has 0 saturated carbocycles. The van der Waals surface area contributed by atoms with Crippen LogP contribution in [0.25, 0.3) is 0 Å². The topological polar surface area (TPSA) is 41.6 Å². The van der Waals surface area contributed by atoms with Gasteiger partial charge in [0.15, 0.2) is 0 Å². The highest BCUT2D eigenvalue weighted by molar-refractivity contribution is 5.88. The first-order valence-electron chi connectivity index (χ1n) is 6.46. The number of hydrogen-bond acceptors (Lipinski definition) is 3. The van der Waals surface area contributed by atoms with Crippen molar-refractivity contribution in [3.8, 4) is 0 Å². The molecule has 1 saturated heterocycles. The van der Waals surface area contributed by atoms with E-state index in [0.717, 1.165) is 6.42 Å². The maximum atomic E-state index is 12.5. The Labute approximate surface area is 105 Å². The first-order chi connectivity index (χ1) is 7.87. The van der Waals surface area contributed by atoms with Gasteiger partial charge in [-0.1, -0.05) is 20.8 Å². The smallest absolute Gasteiger partial charge is 0.244 e. The average molecular weight is 242 g/mol. The molecule has 1 aliphatic heterocycles. The maximum Gasteiger partial charge on any atom is 0.244 e. The summed E-state index contributed by atoms with van der Waals surface area (Å²) in [5.41, 5.74) is -0.420. The van der Waals surface area contributed by atoms with E-state index in [9.17, 15) is 4.79 Å². The van der Waals surface area contributed by atoms with Crippen LogP contribution in [0.1, 0.15) is 41.0 Å². The van der Waals surface area contributed by atoms with Gasteiger partial charge >= 0.3 is 0 Å². The summed E-state index contributed by atoms with van der Waals surface area (Å²) in [6.45, 7) is 10.9. The van der Waals surface area contributed by atoms with Gasteiger partial charge in [-0.05, 0) is 26.2 Å². The number of carbonyl (C=O) groups excluding carboxylic acids is 1. The van der Waals surface area contributed by atoms with Gasteiger partial charge in [0, 0.05) is 7.11 Å². The molecule has 0 aromatic carbocycles. The molecule has 0 radical (unpaired) electrons. The van der Waals surface area contributed by atoms with Crippen LogP contribution in [0.5, 0.6) is 0 Å². The van der Waals surface area contributed by atoms with E-state index in [-0.39, 0.29) is 18.1 Å². The number of carbonyl (C=O) groups is 1. The first kappa shape index (κ1) is 14.5. The van der Waals surface area contributed by atoms with Crippen molar-refractivity contribution in [3.05, 3.63) is 0 Å². The molecule has 0 bridgehead atoms. The van der Waals surface area contributed by atoms with Crippen molar-refractivity contribution >= 4 is 5.91 Å². The Morgan fingerprint density at radius 2 is 2.06 bits per heavy atom. The second kappa shape index (κ2) is 5.36. The van der Waals surface area contributed by atoms with Gasteiger partial charge in [0.2, 0.25) is 5.91 Å². The van der Waals surface area contributed by atoms with Crippen molar-refractivity contribution in [2.24, 2.45) is 5.92 Å². The summed E-state index contributed by atoms with van der Waals surface area (Å²) in [5.74, 6) is 0.592. The number of rotatable bonds is 5. The Morgan fingerprint density at radius 3 is 2.47 bits per heavy atom. The molecule has 3 unspecified atom stereocenters. The van der Waals surface area contributed by atoms with E-state index in [1.54, 1.807) is 7.11 Å². The number of hydrogen-bond donors (Lipinski definition) is 1. The number of amides is 1. The lowest BCUT2D eigenvalue weighted by Crippen LogP contribution is -2.47. The van der Waals surface area contributed by atoms with Crippen molar-refractivity contribution < 1.29 is 9.53 Å². The van der Waals surface area contributed by atoms with Crippen molar-refractivity contribution in [1.29, 1.82) is 0 Å². The second-order valence-electron chi connectivity index (χ2n) is 5.54. The van der Waals surface area contributed by atoms with E-state index in [2.05, 4.69) is 19.2 Å². The van der Waals surface area contributed by atoms with E-state index >= 15 is 0 Å². The Hall–Kier alpha value is -0.610. The summed E-state index contributed by atoms with van der Waals surface area (Å²) in [7, 11) is 1.67. The van der Waals surface area contributed by atoms with Gasteiger partial charge in [-0.2, -0.15) is 0 Å². The van der Waals surface area contributed by atoms with Gasteiger partial charge in [-0.3, -0.25) is 10.1 Å². The van der Waals surface area contributed by atoms with E-state index in [4.69, 9.17) is 4.74 Å². The lowest BCUT2D eigenvalue weighted by atomic mass is 9.99. The second-order valence-corrected chi connectivity index (χ2v) is 5.54. The van der Waals surface area contributed by atoms with E-state index in [1.807, 2.05) is 25.7 Å². The van der Waals surface area contributed by atoms with Crippen molar-refractivity contribution in [2.45, 2.75) is 58.8 Å². The van der Waals surface area contributed by atoms with Crippen LogP contribution in [0, 0.1) is 5.92 Å². The molecule has 100 valence electrons. The summed E-state index contributed by atoms with van der Waals surface area (Å²) in [6.07, 6.45) is 0.920. The number of nitrogens with one attached hydrogen (secondary N) is 1. The fourth-order valence-corrected chi connectivity index (χ4v) is 2.41. The van der Waals surface area contributed by atoms with Crippen LogP contribution < -0.4 is 5.32 Å². The molecule has 4 nitrogen and oxygen atoms in total. The quantitative estimate of drug-likeness (QED) is 0.796. The van der Waals surface area contributed by atoms with E-state index < -0.39 is 5.54 Å². The minimum absolute atomic E-state index is 0.109. The fraction of sp³-hybridized carbons (Fsp3) is 0.923. The lowest BCUT2D eigenvalue weighted by molar-refractivity contribution is -0.136. The molecular weight excluding hydrogens is 216 g/mol. The average Bonchev–Trinajstić information content (AvgIpc) is 2.53. The van der Waals surface area contributed by atoms with Crippen LogP contribution >= 0.6 is 0 Å². The summed E-state index contributed by atoms with van der Waals surface area (Å²) in [6, 6.07) is 0.112. The lowest BCUT2D eigenvalue weighted by Gasteiger charge is -2.32. The third kappa shape index (κ3) is 2.63. The number of ether oxygens (including phenoxy) is 1. The molecule has 1 aliphatic rings. The van der Waals surface area contributed by atoms with E-state index in [1.165, 1.54) is 0 Å². The molecule has 0 aliphatic carbocycles. The van der Waals surface area contributed by atoms with Crippen LogP contribution in [0.3, 0.4) is 0 Å². The zero-order valence-corrected chi connectivity index (χ0v) is 11.9. The molecule has 4 heteroatoms. The third-order valence-electron chi connectivity index (χ3n) is 3.69. The van der Waals surface area contributed by atoms with Crippen molar-refractivity contribution in [3.63, 3.8) is 0 Å². The van der Waals surface area contributed by atoms with Crippen LogP contribution in [0.2, 0.25) is 0 Å². The maximum absolute atomic E-state index is 12.5. The molecule has 0 spiro atoms. The minimum Gasteiger partial charge on any atom is -0.383 e. The zero-order chi connectivity index (χ0) is 13.2. The highest BCUT2D eigenvalue weighted by atomic mass is 16.5. The largest absolute Gasteiger partial charge is 0.383 e. The fourth-order valence-electron chi connectivity index (χ4n) is 2.41. The molecule has 1 fully saturated rings. The Kier molecular flexibility index (Phi) is 4.55. The number of methoxy groups -OCH3 is 1. The predicted molar refractivity (Wildman–Crippen MR) is 68.6 cm³/mol. The summed E-state index contributed by atoms with van der Waals surface area (Å²) < 4.78 is 5.17. The SMILES string of the molecule is CCC1(C)NC(C(C)C)N(C(C)COC)C1=O. The monoisotopic (exact) mass is 242 g/mol. The number of nitrogens with zero attached hydrogens (tertiary/aromatic N) is 1. The zero-order valence-electron chi connectivity index (χ0n) is 11.9. The summed E-state index contributed by atoms with van der Waals surface area (Å²) in [4.78, 5) is 14.5. The Balaban J connectivity index is 2.94. The molecular formula is C13H26N2O2. The van der Waals surface area contributed by atoms with E-state index in [0.29, 0.717) is 12.5 Å². The normalized spacial score (nSPS) is 31.4. The molecule has 1 rings (SSSR count). The van der Waals surface area contributed by atoms with Crippen molar-refractivity contribution in [1.82, 2.24) is 10.2 Å². The molecule has 1 amide bonds. The third-order valence-corrected chi connectivity index (χ3v) is 3.69. The van der Waals surface area contributed by atoms with Gasteiger partial charge in [-0.15, -0.1) is 0 Å². The molecule has 1 N–H and O–H groups in total.